The van der Waals surface area contributed by atoms with Crippen LogP contribution in [0.2, 0.25) is 0 Å². The zero-order valence-corrected chi connectivity index (χ0v) is 7.68. The van der Waals surface area contributed by atoms with Crippen LogP contribution in [-0.2, 0) is 0 Å². The van der Waals surface area contributed by atoms with Crippen molar-refractivity contribution in [2.45, 2.75) is 0 Å². The van der Waals surface area contributed by atoms with Gasteiger partial charge in [0.1, 0.15) is 12.0 Å². The van der Waals surface area contributed by atoms with E-state index in [0.717, 1.165) is 0 Å². The number of halogens is 1. The third-order valence-electron chi connectivity index (χ3n) is 2.24. The summed E-state index contributed by atoms with van der Waals surface area (Å²) in [5.74, 6) is 0.306. The standard InChI is InChI=1S/C10H7FN4/c11-8-3-1-2-7-9(14-6-15(7)8)10-12-4-5-13-10/h1-6H,(H,12,13). The summed E-state index contributed by atoms with van der Waals surface area (Å²) in [7, 11) is 0. The first-order valence-corrected chi connectivity index (χ1v) is 4.47. The molecule has 0 atom stereocenters. The predicted molar refractivity (Wildman–Crippen MR) is 52.7 cm³/mol. The third kappa shape index (κ3) is 1.13. The van der Waals surface area contributed by atoms with Gasteiger partial charge in [0.05, 0.1) is 5.52 Å². The Morgan fingerprint density at radius 2 is 2.20 bits per heavy atom. The Kier molecular flexibility index (Phi) is 1.58. The minimum atomic E-state index is -0.335. The highest BCUT2D eigenvalue weighted by Crippen LogP contribution is 2.19. The first-order valence-electron chi connectivity index (χ1n) is 4.47. The number of H-pyrrole nitrogens is 1. The molecule has 0 radical (unpaired) electrons. The SMILES string of the molecule is Fc1cccc2c(-c3ncc[nH]3)ncn12. The Morgan fingerprint density at radius 1 is 1.27 bits per heavy atom. The Bertz CT molecular complexity index is 597. The highest BCUT2D eigenvalue weighted by atomic mass is 19.1. The smallest absolute Gasteiger partial charge is 0.199 e. The van der Waals surface area contributed by atoms with Gasteiger partial charge in [-0.05, 0) is 12.1 Å². The van der Waals surface area contributed by atoms with Crippen molar-refractivity contribution >= 4 is 5.52 Å². The molecule has 3 aromatic heterocycles. The molecular formula is C10H7FN4. The fourth-order valence-corrected chi connectivity index (χ4v) is 1.56. The van der Waals surface area contributed by atoms with Gasteiger partial charge in [0.25, 0.3) is 0 Å². The molecule has 1 N–H and O–H groups in total. The van der Waals surface area contributed by atoms with Crippen LogP contribution in [0.1, 0.15) is 0 Å². The molecule has 3 aromatic rings. The zero-order chi connectivity index (χ0) is 10.3. The number of aromatic nitrogens is 4. The van der Waals surface area contributed by atoms with Crippen molar-refractivity contribution in [3.8, 4) is 11.5 Å². The summed E-state index contributed by atoms with van der Waals surface area (Å²) >= 11 is 0. The van der Waals surface area contributed by atoms with Crippen molar-refractivity contribution < 1.29 is 4.39 Å². The van der Waals surface area contributed by atoms with E-state index in [9.17, 15) is 4.39 Å². The number of imidazole rings is 2. The van der Waals surface area contributed by atoms with Crippen LogP contribution in [0.5, 0.6) is 0 Å². The van der Waals surface area contributed by atoms with E-state index in [1.165, 1.54) is 16.8 Å². The number of fused-ring (bicyclic) bond motifs is 1. The van der Waals surface area contributed by atoms with Gasteiger partial charge in [-0.3, -0.25) is 4.40 Å². The maximum atomic E-state index is 13.3. The normalized spacial score (nSPS) is 11.0. The van der Waals surface area contributed by atoms with Crippen molar-refractivity contribution in [3.63, 3.8) is 0 Å². The predicted octanol–water partition coefficient (Wildman–Crippen LogP) is 1.86. The average Bonchev–Trinajstić information content (AvgIpc) is 2.85. The molecule has 0 bridgehead atoms. The Morgan fingerprint density at radius 3 is 3.00 bits per heavy atom. The van der Waals surface area contributed by atoms with Crippen LogP contribution in [0.15, 0.2) is 36.9 Å². The number of aromatic amines is 1. The van der Waals surface area contributed by atoms with Crippen molar-refractivity contribution in [2.75, 3.05) is 0 Å². The molecule has 4 nitrogen and oxygen atoms in total. The summed E-state index contributed by atoms with van der Waals surface area (Å²) in [6.07, 6.45) is 4.79. The lowest BCUT2D eigenvalue weighted by atomic mass is 10.3. The quantitative estimate of drug-likeness (QED) is 0.612. The molecule has 5 heteroatoms. The minimum Gasteiger partial charge on any atom is -0.343 e. The Balaban J connectivity index is 2.34. The van der Waals surface area contributed by atoms with E-state index in [4.69, 9.17) is 0 Å². The van der Waals surface area contributed by atoms with Crippen LogP contribution in [0, 0.1) is 5.95 Å². The number of hydrogen-bond acceptors (Lipinski definition) is 2. The lowest BCUT2D eigenvalue weighted by Gasteiger charge is -1.96. The van der Waals surface area contributed by atoms with Crippen molar-refractivity contribution in [3.05, 3.63) is 42.9 Å². The molecule has 0 aliphatic heterocycles. The zero-order valence-electron chi connectivity index (χ0n) is 7.68. The van der Waals surface area contributed by atoms with Crippen molar-refractivity contribution in [2.24, 2.45) is 0 Å². The second-order valence-corrected chi connectivity index (χ2v) is 3.13. The van der Waals surface area contributed by atoms with Gasteiger partial charge in [0.15, 0.2) is 11.8 Å². The maximum absolute atomic E-state index is 13.3. The van der Waals surface area contributed by atoms with E-state index in [1.807, 2.05) is 0 Å². The molecule has 0 unspecified atom stereocenters. The molecule has 0 saturated carbocycles. The van der Waals surface area contributed by atoms with Crippen LogP contribution in [-0.4, -0.2) is 19.4 Å². The first-order chi connectivity index (χ1) is 7.36. The van der Waals surface area contributed by atoms with Gasteiger partial charge in [0, 0.05) is 12.4 Å². The molecule has 3 heterocycles. The van der Waals surface area contributed by atoms with E-state index >= 15 is 0 Å². The van der Waals surface area contributed by atoms with Gasteiger partial charge < -0.3 is 4.98 Å². The lowest BCUT2D eigenvalue weighted by Crippen LogP contribution is -1.89. The Hall–Kier alpha value is -2.17. The second kappa shape index (κ2) is 2.91. The molecule has 0 amide bonds. The van der Waals surface area contributed by atoms with E-state index in [2.05, 4.69) is 15.0 Å². The highest BCUT2D eigenvalue weighted by Gasteiger charge is 2.10. The van der Waals surface area contributed by atoms with Gasteiger partial charge in [-0.15, -0.1) is 0 Å². The van der Waals surface area contributed by atoms with Gasteiger partial charge >= 0.3 is 0 Å². The fraction of sp³-hybridized carbons (Fsp3) is 0. The van der Waals surface area contributed by atoms with Crippen LogP contribution < -0.4 is 0 Å². The van der Waals surface area contributed by atoms with Crippen LogP contribution in [0.3, 0.4) is 0 Å². The van der Waals surface area contributed by atoms with Crippen LogP contribution >= 0.6 is 0 Å². The monoisotopic (exact) mass is 202 g/mol. The van der Waals surface area contributed by atoms with Gasteiger partial charge in [0.2, 0.25) is 0 Å². The van der Waals surface area contributed by atoms with Crippen molar-refractivity contribution in [1.29, 1.82) is 0 Å². The van der Waals surface area contributed by atoms with Gasteiger partial charge in [-0.2, -0.15) is 4.39 Å². The van der Waals surface area contributed by atoms with E-state index < -0.39 is 0 Å². The number of nitrogens with one attached hydrogen (secondary N) is 1. The highest BCUT2D eigenvalue weighted by molar-refractivity contribution is 5.72. The van der Waals surface area contributed by atoms with Crippen LogP contribution in [0.25, 0.3) is 17.0 Å². The summed E-state index contributed by atoms with van der Waals surface area (Å²) < 4.78 is 14.7. The third-order valence-corrected chi connectivity index (χ3v) is 2.24. The number of hydrogen-bond donors (Lipinski definition) is 1. The molecule has 15 heavy (non-hydrogen) atoms. The first kappa shape index (κ1) is 8.16. The van der Waals surface area contributed by atoms with Gasteiger partial charge in [-0.1, -0.05) is 6.07 Å². The minimum absolute atomic E-state index is 0.335. The number of pyridine rings is 1. The summed E-state index contributed by atoms with van der Waals surface area (Å²) in [4.78, 5) is 11.2. The molecule has 74 valence electrons. The van der Waals surface area contributed by atoms with Crippen molar-refractivity contribution in [1.82, 2.24) is 19.4 Å². The Labute approximate surface area is 84.4 Å². The topological polar surface area (TPSA) is 46.0 Å². The summed E-state index contributed by atoms with van der Waals surface area (Å²) in [6, 6.07) is 4.84. The number of nitrogens with zero attached hydrogens (tertiary/aromatic N) is 3. The molecule has 0 aliphatic rings. The molecule has 0 spiro atoms. The fourth-order valence-electron chi connectivity index (χ4n) is 1.56. The average molecular weight is 202 g/mol. The molecule has 3 rings (SSSR count). The van der Waals surface area contributed by atoms with Crippen LogP contribution in [0.4, 0.5) is 4.39 Å². The lowest BCUT2D eigenvalue weighted by molar-refractivity contribution is 0.567. The summed E-state index contributed by atoms with van der Waals surface area (Å²) in [5.41, 5.74) is 1.35. The molecule has 0 fully saturated rings. The molecule has 0 aromatic carbocycles. The number of rotatable bonds is 1. The summed E-state index contributed by atoms with van der Waals surface area (Å²) in [5, 5.41) is 0. The molecular weight excluding hydrogens is 195 g/mol. The second-order valence-electron chi connectivity index (χ2n) is 3.13. The largest absolute Gasteiger partial charge is 0.343 e. The van der Waals surface area contributed by atoms with E-state index in [1.54, 1.807) is 24.5 Å². The van der Waals surface area contributed by atoms with E-state index in [-0.39, 0.29) is 5.95 Å². The van der Waals surface area contributed by atoms with Gasteiger partial charge in [-0.25, -0.2) is 9.97 Å². The maximum Gasteiger partial charge on any atom is 0.199 e. The molecule has 0 saturated heterocycles. The van der Waals surface area contributed by atoms with E-state index in [0.29, 0.717) is 17.0 Å². The summed E-state index contributed by atoms with van der Waals surface area (Å²) in [6.45, 7) is 0. The molecule has 0 aliphatic carbocycles.